The summed E-state index contributed by atoms with van der Waals surface area (Å²) < 4.78 is 17.8. The minimum atomic E-state index is -1.08. The molecule has 2 saturated heterocycles. The lowest BCUT2D eigenvalue weighted by molar-refractivity contribution is -0.177. The van der Waals surface area contributed by atoms with Crippen molar-refractivity contribution in [2.75, 3.05) is 6.54 Å². The number of hydrogen-bond donors (Lipinski definition) is 0. The zero-order valence-electron chi connectivity index (χ0n) is 12.5. The molecule has 0 amide bonds. The number of fused-ring (bicyclic) bond motifs is 1. The average molecular weight is 306 g/mol. The monoisotopic (exact) mass is 306 g/mol. The Bertz CT molecular complexity index is 566. The SMILES string of the molecule is C=CC1OC(C=C)(CN=[N+]=[N-])[C@@H]2OC(C)(C)O[C@@H]2[C@@H]1N=[N+]=[N-]. The van der Waals surface area contributed by atoms with Gasteiger partial charge >= 0.3 is 0 Å². The van der Waals surface area contributed by atoms with E-state index in [2.05, 4.69) is 33.2 Å². The molecule has 2 unspecified atom stereocenters. The number of rotatable bonds is 5. The van der Waals surface area contributed by atoms with Crippen LogP contribution in [0.1, 0.15) is 13.8 Å². The fraction of sp³-hybridized carbons (Fsp3) is 0.692. The molecular weight excluding hydrogens is 288 g/mol. The second-order valence-electron chi connectivity index (χ2n) is 5.58. The van der Waals surface area contributed by atoms with Crippen LogP contribution in [0.5, 0.6) is 0 Å². The van der Waals surface area contributed by atoms with Crippen LogP contribution in [0.15, 0.2) is 35.5 Å². The van der Waals surface area contributed by atoms with Crippen molar-refractivity contribution in [2.45, 2.75) is 49.6 Å². The molecule has 0 bridgehead atoms. The van der Waals surface area contributed by atoms with Crippen LogP contribution < -0.4 is 0 Å². The van der Waals surface area contributed by atoms with Gasteiger partial charge in [-0.3, -0.25) is 0 Å². The molecule has 2 aliphatic rings. The van der Waals surface area contributed by atoms with Crippen LogP contribution in [-0.2, 0) is 14.2 Å². The predicted octanol–water partition coefficient (Wildman–Crippen LogP) is 3.01. The number of azide groups is 2. The molecule has 5 atom stereocenters. The molecule has 9 heteroatoms. The summed E-state index contributed by atoms with van der Waals surface area (Å²) >= 11 is 0. The predicted molar refractivity (Wildman–Crippen MR) is 78.8 cm³/mol. The van der Waals surface area contributed by atoms with Crippen molar-refractivity contribution in [1.82, 2.24) is 0 Å². The van der Waals surface area contributed by atoms with Crippen LogP contribution in [-0.4, -0.2) is 42.3 Å². The summed E-state index contributed by atoms with van der Waals surface area (Å²) in [6.45, 7) is 11.0. The van der Waals surface area contributed by atoms with Gasteiger partial charge in [0.05, 0.1) is 18.7 Å². The van der Waals surface area contributed by atoms with Crippen molar-refractivity contribution in [2.24, 2.45) is 10.2 Å². The summed E-state index contributed by atoms with van der Waals surface area (Å²) in [6.07, 6.45) is 1.28. The second kappa shape index (κ2) is 6.00. The van der Waals surface area contributed by atoms with Gasteiger partial charge in [-0.05, 0) is 24.9 Å². The van der Waals surface area contributed by atoms with E-state index in [4.69, 9.17) is 25.3 Å². The van der Waals surface area contributed by atoms with E-state index in [0.29, 0.717) is 0 Å². The molecule has 118 valence electrons. The molecular formula is C13H18N6O3. The molecule has 0 aromatic carbocycles. The van der Waals surface area contributed by atoms with Gasteiger partial charge < -0.3 is 14.2 Å². The molecule has 22 heavy (non-hydrogen) atoms. The molecule has 0 spiro atoms. The van der Waals surface area contributed by atoms with E-state index in [-0.39, 0.29) is 6.54 Å². The number of hydrogen-bond acceptors (Lipinski definition) is 5. The molecule has 2 aliphatic heterocycles. The lowest BCUT2D eigenvalue weighted by atomic mass is 9.83. The zero-order chi connectivity index (χ0) is 16.4. The maximum Gasteiger partial charge on any atom is 0.163 e. The first-order chi connectivity index (χ1) is 10.4. The quantitative estimate of drug-likeness (QED) is 0.335. The Hall–Kier alpha value is -2.02. The highest BCUT2D eigenvalue weighted by atomic mass is 16.8. The Morgan fingerprint density at radius 2 is 1.91 bits per heavy atom. The van der Waals surface area contributed by atoms with Crippen molar-refractivity contribution in [1.29, 1.82) is 0 Å². The van der Waals surface area contributed by atoms with Crippen molar-refractivity contribution in [3.63, 3.8) is 0 Å². The number of ether oxygens (including phenoxy) is 3. The summed E-state index contributed by atoms with van der Waals surface area (Å²) in [5.41, 5.74) is 16.3. The van der Waals surface area contributed by atoms with Gasteiger partial charge in [-0.15, -0.1) is 13.2 Å². The molecule has 0 radical (unpaired) electrons. The molecule has 2 heterocycles. The van der Waals surface area contributed by atoms with Gasteiger partial charge in [0, 0.05) is 9.82 Å². The van der Waals surface area contributed by atoms with Crippen molar-refractivity contribution >= 4 is 0 Å². The van der Waals surface area contributed by atoms with Crippen molar-refractivity contribution in [3.05, 3.63) is 46.2 Å². The lowest BCUT2D eigenvalue weighted by Gasteiger charge is -2.46. The van der Waals surface area contributed by atoms with E-state index in [0.717, 1.165) is 0 Å². The van der Waals surface area contributed by atoms with E-state index in [1.54, 1.807) is 13.8 Å². The first kappa shape index (κ1) is 16.4. The van der Waals surface area contributed by atoms with Crippen LogP contribution >= 0.6 is 0 Å². The fourth-order valence-electron chi connectivity index (χ4n) is 2.87. The molecule has 0 aromatic rings. The molecule has 0 saturated carbocycles. The highest BCUT2D eigenvalue weighted by Crippen LogP contribution is 2.44. The van der Waals surface area contributed by atoms with Crippen LogP contribution in [0.4, 0.5) is 0 Å². The van der Waals surface area contributed by atoms with Gasteiger partial charge in [-0.2, -0.15) is 0 Å². The normalized spacial score (nSPS) is 39.0. The largest absolute Gasteiger partial charge is 0.360 e. The molecule has 2 rings (SSSR count). The van der Waals surface area contributed by atoms with Crippen LogP contribution in [0.3, 0.4) is 0 Å². The molecule has 9 nitrogen and oxygen atoms in total. The van der Waals surface area contributed by atoms with Crippen molar-refractivity contribution in [3.8, 4) is 0 Å². The summed E-state index contributed by atoms with van der Waals surface area (Å²) in [7, 11) is 0. The maximum atomic E-state index is 8.80. The van der Waals surface area contributed by atoms with Gasteiger partial charge in [0.1, 0.15) is 17.8 Å². The van der Waals surface area contributed by atoms with E-state index >= 15 is 0 Å². The molecule has 0 aliphatic carbocycles. The number of nitrogens with zero attached hydrogens (tertiary/aromatic N) is 6. The molecule has 0 aromatic heterocycles. The van der Waals surface area contributed by atoms with E-state index < -0.39 is 35.7 Å². The van der Waals surface area contributed by atoms with Gasteiger partial charge in [0.15, 0.2) is 5.79 Å². The summed E-state index contributed by atoms with van der Waals surface area (Å²) in [6, 6.07) is -0.631. The highest BCUT2D eigenvalue weighted by Gasteiger charge is 2.59. The second-order valence-corrected chi connectivity index (χ2v) is 5.58. The Labute approximate surface area is 127 Å². The van der Waals surface area contributed by atoms with E-state index in [1.807, 2.05) is 0 Å². The topological polar surface area (TPSA) is 125 Å². The van der Waals surface area contributed by atoms with Crippen LogP contribution in [0, 0.1) is 0 Å². The third-order valence-electron chi connectivity index (χ3n) is 3.78. The van der Waals surface area contributed by atoms with Gasteiger partial charge in [-0.25, -0.2) is 0 Å². The Balaban J connectivity index is 2.49. The van der Waals surface area contributed by atoms with Crippen LogP contribution in [0.25, 0.3) is 20.9 Å². The molecule has 2 fully saturated rings. The first-order valence-corrected chi connectivity index (χ1v) is 6.77. The summed E-state index contributed by atoms with van der Waals surface area (Å²) in [5.74, 6) is -0.886. The third kappa shape index (κ3) is 2.68. The van der Waals surface area contributed by atoms with Crippen LogP contribution in [0.2, 0.25) is 0 Å². The molecule has 0 N–H and O–H groups in total. The smallest absolute Gasteiger partial charge is 0.163 e. The standard InChI is InChI=1S/C13H18N6O3/c1-5-8-9(17-19-15)10-11(22-12(3,4)21-10)13(6-2,20-8)7-16-18-14/h5-6,8-11H,1-2,7H2,3-4H3/t8?,9-,10-,11-,13?/m1/s1. The van der Waals surface area contributed by atoms with E-state index in [1.165, 1.54) is 12.2 Å². The van der Waals surface area contributed by atoms with Gasteiger partial charge in [0.2, 0.25) is 0 Å². The Kier molecular flexibility index (Phi) is 4.46. The Morgan fingerprint density at radius 1 is 1.18 bits per heavy atom. The van der Waals surface area contributed by atoms with Gasteiger partial charge in [0.25, 0.3) is 0 Å². The zero-order valence-corrected chi connectivity index (χ0v) is 12.5. The lowest BCUT2D eigenvalue weighted by Crippen LogP contribution is -2.62. The summed E-state index contributed by atoms with van der Waals surface area (Å²) in [4.78, 5) is 5.63. The summed E-state index contributed by atoms with van der Waals surface area (Å²) in [5, 5.41) is 7.36. The van der Waals surface area contributed by atoms with E-state index in [9.17, 15) is 0 Å². The van der Waals surface area contributed by atoms with Gasteiger partial charge in [-0.1, -0.05) is 22.4 Å². The minimum absolute atomic E-state index is 0.0130. The highest BCUT2D eigenvalue weighted by molar-refractivity contribution is 5.18. The maximum absolute atomic E-state index is 8.80. The average Bonchev–Trinajstić information content (AvgIpc) is 2.83. The Morgan fingerprint density at radius 3 is 2.45 bits per heavy atom. The van der Waals surface area contributed by atoms with Crippen molar-refractivity contribution < 1.29 is 14.2 Å². The fourth-order valence-corrected chi connectivity index (χ4v) is 2.87. The third-order valence-corrected chi connectivity index (χ3v) is 3.78. The first-order valence-electron chi connectivity index (χ1n) is 6.77. The minimum Gasteiger partial charge on any atom is -0.360 e.